The van der Waals surface area contributed by atoms with Gasteiger partial charge in [-0.2, -0.15) is 5.10 Å². The van der Waals surface area contributed by atoms with E-state index in [0.29, 0.717) is 29.3 Å². The number of benzene rings is 2. The van der Waals surface area contributed by atoms with Gasteiger partial charge in [-0.15, -0.1) is 0 Å². The molecule has 2 aromatic carbocycles. The van der Waals surface area contributed by atoms with Crippen LogP contribution in [0.15, 0.2) is 84.4 Å². The average Bonchev–Trinajstić information content (AvgIpc) is 3.33. The van der Waals surface area contributed by atoms with E-state index < -0.39 is 0 Å². The minimum atomic E-state index is -0.167. The number of amides is 1. The van der Waals surface area contributed by atoms with Crippen molar-refractivity contribution in [1.82, 2.24) is 20.1 Å². The summed E-state index contributed by atoms with van der Waals surface area (Å²) in [6.45, 7) is 9.92. The van der Waals surface area contributed by atoms with E-state index in [1.165, 1.54) is 0 Å². The first-order valence-electron chi connectivity index (χ1n) is 11.2. The van der Waals surface area contributed by atoms with Crippen LogP contribution < -0.4 is 10.1 Å². The normalized spacial score (nSPS) is 11.2. The smallest absolute Gasteiger partial charge is 0.251 e. The number of carbonyl (C=O) groups excluding carboxylic acids is 1. The van der Waals surface area contributed by atoms with Crippen LogP contribution in [0.5, 0.6) is 5.75 Å². The van der Waals surface area contributed by atoms with Gasteiger partial charge in [0.2, 0.25) is 0 Å². The van der Waals surface area contributed by atoms with Crippen LogP contribution in [0.2, 0.25) is 0 Å². The topological polar surface area (TPSA) is 81.4 Å². The van der Waals surface area contributed by atoms with Gasteiger partial charge in [-0.05, 0) is 87.2 Å². The molecule has 2 aromatic heterocycles. The fourth-order valence-electron chi connectivity index (χ4n) is 3.69. The van der Waals surface area contributed by atoms with E-state index >= 15 is 0 Å². The number of nitrogens with one attached hydrogen (secondary N) is 1. The van der Waals surface area contributed by atoms with Crippen molar-refractivity contribution in [1.29, 1.82) is 0 Å². The predicted molar refractivity (Wildman–Crippen MR) is 138 cm³/mol. The van der Waals surface area contributed by atoms with Gasteiger partial charge in [-0.25, -0.2) is 4.68 Å². The Morgan fingerprint density at radius 1 is 1.14 bits per heavy atom. The second-order valence-corrected chi connectivity index (χ2v) is 8.04. The monoisotopic (exact) mass is 465 g/mol. The molecule has 7 heteroatoms. The number of hydrogen-bond acceptors (Lipinski definition) is 5. The molecule has 0 unspecified atom stereocenters. The molecule has 0 atom stereocenters. The maximum atomic E-state index is 12.9. The van der Waals surface area contributed by atoms with Crippen molar-refractivity contribution in [2.75, 3.05) is 0 Å². The van der Waals surface area contributed by atoms with E-state index in [2.05, 4.69) is 27.1 Å². The third-order valence-electron chi connectivity index (χ3n) is 5.61. The number of hydrogen-bond donors (Lipinski definition) is 1. The van der Waals surface area contributed by atoms with Crippen molar-refractivity contribution in [2.45, 2.75) is 27.3 Å². The maximum Gasteiger partial charge on any atom is 0.251 e. The molecule has 0 aliphatic rings. The van der Waals surface area contributed by atoms with Crippen molar-refractivity contribution in [2.24, 2.45) is 4.99 Å². The zero-order chi connectivity index (χ0) is 24.8. The third kappa shape index (κ3) is 5.35. The van der Waals surface area contributed by atoms with Crippen molar-refractivity contribution in [3.63, 3.8) is 0 Å². The van der Waals surface area contributed by atoms with Gasteiger partial charge in [0.1, 0.15) is 11.5 Å². The zero-order valence-electron chi connectivity index (χ0n) is 20.0. The number of ether oxygens (including phenoxy) is 1. The molecule has 1 N–H and O–H groups in total. The van der Waals surface area contributed by atoms with Crippen molar-refractivity contribution in [3.05, 3.63) is 107 Å². The van der Waals surface area contributed by atoms with Crippen LogP contribution in [0, 0.1) is 13.8 Å². The molecular weight excluding hydrogens is 438 g/mol. The van der Waals surface area contributed by atoms with E-state index in [0.717, 1.165) is 27.9 Å². The van der Waals surface area contributed by atoms with Gasteiger partial charge >= 0.3 is 0 Å². The molecule has 0 radical (unpaired) electrons. The lowest BCUT2D eigenvalue weighted by atomic mass is 10.1. The first-order valence-corrected chi connectivity index (χ1v) is 11.2. The van der Waals surface area contributed by atoms with Gasteiger partial charge in [0.25, 0.3) is 5.91 Å². The maximum absolute atomic E-state index is 12.9. The summed E-state index contributed by atoms with van der Waals surface area (Å²) in [4.78, 5) is 21.1. The molecule has 0 fully saturated rings. The summed E-state index contributed by atoms with van der Waals surface area (Å²) >= 11 is 0. The van der Waals surface area contributed by atoms with Gasteiger partial charge in [0, 0.05) is 41.8 Å². The molecule has 7 nitrogen and oxygen atoms in total. The minimum Gasteiger partial charge on any atom is -0.457 e. The summed E-state index contributed by atoms with van der Waals surface area (Å²) < 4.78 is 8.08. The minimum absolute atomic E-state index is 0.167. The van der Waals surface area contributed by atoms with Crippen molar-refractivity contribution < 1.29 is 9.53 Å². The van der Waals surface area contributed by atoms with E-state index in [-0.39, 0.29) is 5.91 Å². The second kappa shape index (κ2) is 10.6. The number of pyridine rings is 1. The van der Waals surface area contributed by atoms with Gasteiger partial charge in [0.05, 0.1) is 17.6 Å². The molecule has 35 heavy (non-hydrogen) atoms. The summed E-state index contributed by atoms with van der Waals surface area (Å²) in [5.74, 6) is 1.04. The number of allylic oxidation sites excluding steroid dienone is 1. The Kier molecular flexibility index (Phi) is 7.16. The lowest BCUT2D eigenvalue weighted by molar-refractivity contribution is 0.0950. The van der Waals surface area contributed by atoms with Gasteiger partial charge in [0.15, 0.2) is 0 Å². The van der Waals surface area contributed by atoms with E-state index in [1.54, 1.807) is 29.3 Å². The van der Waals surface area contributed by atoms with Crippen LogP contribution in [-0.2, 0) is 6.54 Å². The molecule has 176 valence electrons. The van der Waals surface area contributed by atoms with Crippen LogP contribution in [0.4, 0.5) is 5.69 Å². The summed E-state index contributed by atoms with van der Waals surface area (Å²) in [6.07, 6.45) is 9.03. The SMILES string of the molecule is C=Nc1cc(-n2cc(C)cn2)ccc1/C(=C\C)Oc1cccc(C(=O)NCc2ccncc2)c1C. The number of aryl methyl sites for hydroxylation is 1. The number of carbonyl (C=O) groups is 1. The zero-order valence-corrected chi connectivity index (χ0v) is 20.0. The molecule has 4 aromatic rings. The van der Waals surface area contributed by atoms with Crippen LogP contribution in [-0.4, -0.2) is 27.4 Å². The molecule has 4 rings (SSSR count). The Morgan fingerprint density at radius 3 is 2.63 bits per heavy atom. The number of aromatic nitrogens is 3. The van der Waals surface area contributed by atoms with Crippen LogP contribution in [0.1, 0.15) is 39.5 Å². The summed E-state index contributed by atoms with van der Waals surface area (Å²) in [5, 5.41) is 7.32. The van der Waals surface area contributed by atoms with Crippen molar-refractivity contribution >= 4 is 24.1 Å². The number of nitrogens with zero attached hydrogens (tertiary/aromatic N) is 4. The first kappa shape index (κ1) is 23.6. The molecular formula is C28H27N5O2. The molecule has 0 bridgehead atoms. The summed E-state index contributed by atoms with van der Waals surface area (Å²) in [6, 6.07) is 15.0. The third-order valence-corrected chi connectivity index (χ3v) is 5.61. The molecule has 0 aliphatic heterocycles. The van der Waals surface area contributed by atoms with E-state index in [9.17, 15) is 4.79 Å². The molecule has 0 saturated heterocycles. The Labute approximate surface area is 204 Å². The van der Waals surface area contributed by atoms with E-state index in [1.807, 2.05) is 75.5 Å². The Hall–Kier alpha value is -4.52. The highest BCUT2D eigenvalue weighted by molar-refractivity contribution is 5.96. The fourth-order valence-corrected chi connectivity index (χ4v) is 3.69. The molecule has 1 amide bonds. The Bertz CT molecular complexity index is 1390. The Morgan fingerprint density at radius 2 is 1.94 bits per heavy atom. The standard InChI is InChI=1S/C28H27N5O2/c1-5-26(24-10-9-22(15-25(24)29-4)33-18-19(2)16-32-33)35-27-8-6-7-23(20(27)3)28(34)31-17-21-11-13-30-14-12-21/h5-16,18H,4,17H2,1-3H3,(H,31,34)/b26-5+. The van der Waals surface area contributed by atoms with E-state index in [4.69, 9.17) is 4.74 Å². The second-order valence-electron chi connectivity index (χ2n) is 8.04. The highest BCUT2D eigenvalue weighted by atomic mass is 16.5. The predicted octanol–water partition coefficient (Wildman–Crippen LogP) is 5.59. The quantitative estimate of drug-likeness (QED) is 0.272. The van der Waals surface area contributed by atoms with Crippen LogP contribution in [0.25, 0.3) is 11.4 Å². The number of aliphatic imine (C=N–C) groups is 1. The average molecular weight is 466 g/mol. The molecule has 0 saturated carbocycles. The molecule has 0 spiro atoms. The van der Waals surface area contributed by atoms with Crippen molar-refractivity contribution in [3.8, 4) is 11.4 Å². The van der Waals surface area contributed by atoms with Gasteiger partial charge in [-0.3, -0.25) is 14.8 Å². The lowest BCUT2D eigenvalue weighted by Gasteiger charge is -2.16. The molecule has 2 heterocycles. The highest BCUT2D eigenvalue weighted by Gasteiger charge is 2.16. The fraction of sp³-hybridized carbons (Fsp3) is 0.143. The first-order chi connectivity index (χ1) is 17.0. The number of rotatable bonds is 8. The molecule has 0 aliphatic carbocycles. The largest absolute Gasteiger partial charge is 0.457 e. The Balaban J connectivity index is 1.56. The summed E-state index contributed by atoms with van der Waals surface area (Å²) in [5.41, 5.74) is 5.69. The lowest BCUT2D eigenvalue weighted by Crippen LogP contribution is -2.23. The van der Waals surface area contributed by atoms with Crippen LogP contribution >= 0.6 is 0 Å². The van der Waals surface area contributed by atoms with Crippen LogP contribution in [0.3, 0.4) is 0 Å². The van der Waals surface area contributed by atoms with Gasteiger partial charge in [-0.1, -0.05) is 6.07 Å². The summed E-state index contributed by atoms with van der Waals surface area (Å²) in [7, 11) is 0. The highest BCUT2D eigenvalue weighted by Crippen LogP contribution is 2.32. The van der Waals surface area contributed by atoms with Gasteiger partial charge < -0.3 is 10.1 Å².